The second-order valence-corrected chi connectivity index (χ2v) is 1.92. The first-order valence-corrected chi connectivity index (χ1v) is 2.61. The Morgan fingerprint density at radius 1 is 0.769 bits per heavy atom. The molecule has 0 aromatic rings. The average Bonchev–Trinajstić information content (AvgIpc) is 1.79. The Hall–Kier alpha value is -0.600. The van der Waals surface area contributed by atoms with Gasteiger partial charge in [-0.2, -0.15) is 35.1 Å². The van der Waals surface area contributed by atoms with Crippen LogP contribution in [0.25, 0.3) is 0 Å². The van der Waals surface area contributed by atoms with Crippen molar-refractivity contribution in [3.8, 4) is 0 Å². The third-order valence-electron chi connectivity index (χ3n) is 0.747. The first kappa shape index (κ1) is 12.4. The Balaban J connectivity index is 4.21. The van der Waals surface area contributed by atoms with Crippen molar-refractivity contribution in [1.29, 1.82) is 0 Å². The number of rotatable bonds is 2. The summed E-state index contributed by atoms with van der Waals surface area (Å²) in [7, 11) is 0. The second-order valence-electron chi connectivity index (χ2n) is 1.92. The van der Waals surface area contributed by atoms with E-state index in [0.29, 0.717) is 0 Å². The van der Waals surface area contributed by atoms with Crippen LogP contribution in [0.15, 0.2) is 0 Å². The topological polar surface area (TPSA) is 9.23 Å². The van der Waals surface area contributed by atoms with E-state index >= 15 is 0 Å². The summed E-state index contributed by atoms with van der Waals surface area (Å²) in [6, 6.07) is 0. The highest BCUT2D eigenvalue weighted by Gasteiger charge is 2.60. The summed E-state index contributed by atoms with van der Waals surface area (Å²) < 4.78 is 92.5. The van der Waals surface area contributed by atoms with Crippen molar-refractivity contribution < 1.29 is 39.9 Å². The van der Waals surface area contributed by atoms with Crippen LogP contribution < -0.4 is 0 Å². The standard InChI is InChI=1S/C4H2F8O/c5-2(6,7)1-13-4(11,12)3(8,9)10/h1H2. The molecule has 0 saturated heterocycles. The molecule has 0 aromatic carbocycles. The molecule has 0 unspecified atom stereocenters. The van der Waals surface area contributed by atoms with Gasteiger partial charge in [0.1, 0.15) is 6.61 Å². The second kappa shape index (κ2) is 3.28. The van der Waals surface area contributed by atoms with Crippen molar-refractivity contribution in [1.82, 2.24) is 0 Å². The fraction of sp³-hybridized carbons (Fsp3) is 1.00. The summed E-state index contributed by atoms with van der Waals surface area (Å²) in [6.45, 7) is -2.65. The quantitative estimate of drug-likeness (QED) is 0.647. The minimum Gasteiger partial charge on any atom is -0.304 e. The number of hydrogen-bond acceptors (Lipinski definition) is 1. The predicted octanol–water partition coefficient (Wildman–Crippen LogP) is 2.72. The molecular formula is C4H2F8O. The lowest BCUT2D eigenvalue weighted by Crippen LogP contribution is -2.41. The van der Waals surface area contributed by atoms with Gasteiger partial charge >= 0.3 is 18.5 Å². The molecule has 0 N–H and O–H groups in total. The Morgan fingerprint density at radius 2 is 1.15 bits per heavy atom. The van der Waals surface area contributed by atoms with E-state index in [4.69, 9.17) is 0 Å². The molecule has 0 radical (unpaired) electrons. The Morgan fingerprint density at radius 3 is 1.38 bits per heavy atom. The van der Waals surface area contributed by atoms with Gasteiger partial charge in [0.05, 0.1) is 0 Å². The first-order valence-electron chi connectivity index (χ1n) is 2.61. The molecule has 0 amide bonds. The molecule has 0 aromatic heterocycles. The van der Waals surface area contributed by atoms with Gasteiger partial charge in [0.25, 0.3) is 0 Å². The zero-order valence-corrected chi connectivity index (χ0v) is 5.64. The van der Waals surface area contributed by atoms with Gasteiger partial charge in [0.15, 0.2) is 0 Å². The van der Waals surface area contributed by atoms with Gasteiger partial charge in [0.2, 0.25) is 0 Å². The van der Waals surface area contributed by atoms with E-state index < -0.39 is 25.1 Å². The molecule has 0 heterocycles. The Bertz CT molecular complexity index is 166. The van der Waals surface area contributed by atoms with Crippen LogP contribution >= 0.6 is 0 Å². The van der Waals surface area contributed by atoms with Crippen LogP contribution in [0.4, 0.5) is 35.1 Å². The molecule has 0 fully saturated rings. The predicted molar refractivity (Wildman–Crippen MR) is 23.0 cm³/mol. The van der Waals surface area contributed by atoms with Crippen molar-refractivity contribution >= 4 is 0 Å². The molecule has 0 spiro atoms. The maximum absolute atomic E-state index is 11.6. The first-order chi connectivity index (χ1) is 5.46. The van der Waals surface area contributed by atoms with E-state index in [1.807, 2.05) is 0 Å². The number of halogens is 8. The zero-order valence-electron chi connectivity index (χ0n) is 5.64. The van der Waals surface area contributed by atoms with Crippen LogP contribution in [0.1, 0.15) is 0 Å². The monoisotopic (exact) mass is 218 g/mol. The summed E-state index contributed by atoms with van der Waals surface area (Å²) in [6.07, 6.45) is -17.1. The molecule has 0 aliphatic heterocycles. The maximum atomic E-state index is 11.6. The smallest absolute Gasteiger partial charge is 0.304 e. The third kappa shape index (κ3) is 4.25. The van der Waals surface area contributed by atoms with Crippen molar-refractivity contribution in [2.45, 2.75) is 18.5 Å². The SMILES string of the molecule is FC(F)(F)COC(F)(F)C(F)(F)F. The van der Waals surface area contributed by atoms with Crippen molar-refractivity contribution in [3.63, 3.8) is 0 Å². The highest BCUT2D eigenvalue weighted by Crippen LogP contribution is 2.37. The van der Waals surface area contributed by atoms with Crippen LogP contribution in [0, 0.1) is 0 Å². The van der Waals surface area contributed by atoms with Crippen LogP contribution in [-0.4, -0.2) is 25.1 Å². The van der Waals surface area contributed by atoms with Crippen LogP contribution in [0.2, 0.25) is 0 Å². The van der Waals surface area contributed by atoms with E-state index in [-0.39, 0.29) is 0 Å². The third-order valence-corrected chi connectivity index (χ3v) is 0.747. The average molecular weight is 218 g/mol. The van der Waals surface area contributed by atoms with Gasteiger partial charge in [-0.1, -0.05) is 0 Å². The fourth-order valence-corrected chi connectivity index (χ4v) is 0.254. The summed E-state index contributed by atoms with van der Waals surface area (Å²) in [5, 5.41) is 0. The van der Waals surface area contributed by atoms with Gasteiger partial charge in [-0.15, -0.1) is 0 Å². The van der Waals surface area contributed by atoms with E-state index in [1.54, 1.807) is 0 Å². The molecular weight excluding hydrogens is 216 g/mol. The van der Waals surface area contributed by atoms with Crippen LogP contribution in [0.5, 0.6) is 0 Å². The summed E-state index contributed by atoms with van der Waals surface area (Å²) >= 11 is 0. The minimum atomic E-state index is -6.14. The molecule has 0 aliphatic rings. The lowest BCUT2D eigenvalue weighted by atomic mass is 10.6. The Labute approximate surface area is 66.3 Å². The summed E-state index contributed by atoms with van der Waals surface area (Å²) in [4.78, 5) is 0. The van der Waals surface area contributed by atoms with Gasteiger partial charge in [-0.05, 0) is 0 Å². The van der Waals surface area contributed by atoms with Crippen molar-refractivity contribution in [2.75, 3.05) is 6.61 Å². The van der Waals surface area contributed by atoms with Gasteiger partial charge in [0, 0.05) is 0 Å². The number of ether oxygens (including phenoxy) is 1. The largest absolute Gasteiger partial charge is 0.482 e. The number of hydrogen-bond donors (Lipinski definition) is 0. The van der Waals surface area contributed by atoms with Crippen LogP contribution in [0.3, 0.4) is 0 Å². The van der Waals surface area contributed by atoms with Gasteiger partial charge < -0.3 is 4.74 Å². The highest BCUT2D eigenvalue weighted by atomic mass is 19.4. The molecule has 0 aliphatic carbocycles. The molecule has 13 heavy (non-hydrogen) atoms. The normalized spacial score (nSPS) is 14.8. The lowest BCUT2D eigenvalue weighted by molar-refractivity contribution is -0.404. The van der Waals surface area contributed by atoms with Gasteiger partial charge in [-0.25, -0.2) is 0 Å². The van der Waals surface area contributed by atoms with E-state index in [2.05, 4.69) is 4.74 Å². The van der Waals surface area contributed by atoms with Gasteiger partial charge in [-0.3, -0.25) is 0 Å². The molecule has 1 nitrogen and oxygen atoms in total. The van der Waals surface area contributed by atoms with E-state index in [9.17, 15) is 35.1 Å². The molecule has 80 valence electrons. The van der Waals surface area contributed by atoms with E-state index in [1.165, 1.54) is 0 Å². The molecule has 0 atom stereocenters. The van der Waals surface area contributed by atoms with E-state index in [0.717, 1.165) is 0 Å². The minimum absolute atomic E-state index is 2.38. The molecule has 0 saturated carbocycles. The molecule has 0 rings (SSSR count). The van der Waals surface area contributed by atoms with Crippen LogP contribution in [-0.2, 0) is 4.74 Å². The lowest BCUT2D eigenvalue weighted by Gasteiger charge is -2.19. The number of alkyl halides is 8. The fourth-order valence-electron chi connectivity index (χ4n) is 0.254. The van der Waals surface area contributed by atoms with Crippen molar-refractivity contribution in [2.24, 2.45) is 0 Å². The highest BCUT2D eigenvalue weighted by molar-refractivity contribution is 4.65. The molecule has 9 heteroatoms. The summed E-state index contributed by atoms with van der Waals surface area (Å²) in [5.74, 6) is 0. The zero-order chi connectivity index (χ0) is 10.9. The summed E-state index contributed by atoms with van der Waals surface area (Å²) in [5.41, 5.74) is 0. The Kier molecular flexibility index (Phi) is 3.12. The maximum Gasteiger partial charge on any atom is 0.482 e. The molecule has 0 bridgehead atoms. The van der Waals surface area contributed by atoms with Crippen molar-refractivity contribution in [3.05, 3.63) is 0 Å².